The van der Waals surface area contributed by atoms with Gasteiger partial charge in [-0.25, -0.2) is 5.48 Å². The zero-order valence-corrected chi connectivity index (χ0v) is 8.79. The fraction of sp³-hybridized carbons (Fsp3) is 0.800. The van der Waals surface area contributed by atoms with Crippen molar-refractivity contribution in [1.29, 1.82) is 0 Å². The van der Waals surface area contributed by atoms with Crippen LogP contribution in [0.3, 0.4) is 0 Å². The van der Waals surface area contributed by atoms with Crippen LogP contribution in [0.5, 0.6) is 0 Å². The van der Waals surface area contributed by atoms with E-state index in [1.165, 1.54) is 0 Å². The number of rotatable bonds is 8. The fourth-order valence-corrected chi connectivity index (χ4v) is 1.51. The molecule has 0 aromatic rings. The minimum atomic E-state index is 0.603. The van der Waals surface area contributed by atoms with Crippen LogP contribution in [0.1, 0.15) is 26.2 Å². The summed E-state index contributed by atoms with van der Waals surface area (Å²) in [5.74, 6) is 0. The Morgan fingerprint density at radius 3 is 2.77 bits per heavy atom. The topological polar surface area (TPSA) is 35.5 Å². The number of hydrogen-bond donors (Lipinski definition) is 2. The number of hydroxylamine groups is 1. The van der Waals surface area contributed by atoms with Gasteiger partial charge in [0.2, 0.25) is 0 Å². The second kappa shape index (κ2) is 8.23. The van der Waals surface area contributed by atoms with Gasteiger partial charge in [-0.2, -0.15) is 0 Å². The van der Waals surface area contributed by atoms with Crippen LogP contribution < -0.4 is 5.48 Å². The first-order chi connectivity index (χ1) is 6.26. The molecule has 0 heterocycles. The standard InChI is InChI=1S/C10H22N2O/c1-4-9-12(3)10(5-2)7-6-8-11-13/h4,10-11,13H,1,5-9H2,2-3H3. The van der Waals surface area contributed by atoms with Crippen molar-refractivity contribution in [2.45, 2.75) is 32.2 Å². The van der Waals surface area contributed by atoms with Crippen LogP contribution in [0.25, 0.3) is 0 Å². The average molecular weight is 186 g/mol. The van der Waals surface area contributed by atoms with E-state index in [9.17, 15) is 0 Å². The van der Waals surface area contributed by atoms with Crippen LogP contribution in [0, 0.1) is 0 Å². The van der Waals surface area contributed by atoms with E-state index in [1.54, 1.807) is 0 Å². The molecule has 0 aromatic heterocycles. The lowest BCUT2D eigenvalue weighted by atomic mass is 10.1. The van der Waals surface area contributed by atoms with Crippen LogP contribution >= 0.6 is 0 Å². The van der Waals surface area contributed by atoms with Crippen molar-refractivity contribution >= 4 is 0 Å². The van der Waals surface area contributed by atoms with Gasteiger partial charge in [0.1, 0.15) is 0 Å². The van der Waals surface area contributed by atoms with Crippen molar-refractivity contribution in [3.05, 3.63) is 12.7 Å². The molecule has 0 aliphatic heterocycles. The van der Waals surface area contributed by atoms with E-state index in [0.29, 0.717) is 12.6 Å². The lowest BCUT2D eigenvalue weighted by Crippen LogP contribution is -2.31. The van der Waals surface area contributed by atoms with Crippen molar-refractivity contribution in [1.82, 2.24) is 10.4 Å². The largest absolute Gasteiger partial charge is 0.317 e. The van der Waals surface area contributed by atoms with E-state index in [1.807, 2.05) is 6.08 Å². The van der Waals surface area contributed by atoms with E-state index < -0.39 is 0 Å². The molecule has 0 spiro atoms. The Morgan fingerprint density at radius 2 is 2.31 bits per heavy atom. The minimum absolute atomic E-state index is 0.603. The lowest BCUT2D eigenvalue weighted by Gasteiger charge is -2.25. The molecule has 0 fully saturated rings. The molecule has 3 nitrogen and oxygen atoms in total. The molecule has 0 rings (SSSR count). The third kappa shape index (κ3) is 5.80. The summed E-state index contributed by atoms with van der Waals surface area (Å²) < 4.78 is 0. The van der Waals surface area contributed by atoms with Gasteiger partial charge in [0.15, 0.2) is 0 Å². The molecule has 78 valence electrons. The molecule has 0 saturated carbocycles. The van der Waals surface area contributed by atoms with Gasteiger partial charge in [0.05, 0.1) is 0 Å². The molecule has 13 heavy (non-hydrogen) atoms. The Hall–Kier alpha value is -0.380. The van der Waals surface area contributed by atoms with Crippen molar-refractivity contribution in [3.63, 3.8) is 0 Å². The first-order valence-electron chi connectivity index (χ1n) is 4.94. The molecular formula is C10H22N2O. The van der Waals surface area contributed by atoms with Gasteiger partial charge in [0.25, 0.3) is 0 Å². The first kappa shape index (κ1) is 12.6. The molecule has 0 aromatic carbocycles. The van der Waals surface area contributed by atoms with E-state index >= 15 is 0 Å². The molecule has 0 amide bonds. The normalized spacial score (nSPS) is 13.2. The van der Waals surface area contributed by atoms with Gasteiger partial charge in [0, 0.05) is 19.1 Å². The summed E-state index contributed by atoms with van der Waals surface area (Å²) >= 11 is 0. The van der Waals surface area contributed by atoms with Crippen molar-refractivity contribution < 1.29 is 5.21 Å². The second-order valence-electron chi connectivity index (χ2n) is 3.34. The zero-order chi connectivity index (χ0) is 10.1. The van der Waals surface area contributed by atoms with Crippen LogP contribution in [0.4, 0.5) is 0 Å². The van der Waals surface area contributed by atoms with Gasteiger partial charge in [-0.1, -0.05) is 13.0 Å². The van der Waals surface area contributed by atoms with Gasteiger partial charge in [-0.3, -0.25) is 4.90 Å². The van der Waals surface area contributed by atoms with Crippen molar-refractivity contribution in [2.75, 3.05) is 20.1 Å². The summed E-state index contributed by atoms with van der Waals surface area (Å²) in [4.78, 5) is 2.30. The maximum absolute atomic E-state index is 8.41. The number of hydrogen-bond acceptors (Lipinski definition) is 3. The highest BCUT2D eigenvalue weighted by Crippen LogP contribution is 2.08. The highest BCUT2D eigenvalue weighted by atomic mass is 16.5. The van der Waals surface area contributed by atoms with Crippen LogP contribution in [0.15, 0.2) is 12.7 Å². The molecule has 0 saturated heterocycles. The molecule has 1 atom stereocenters. The molecule has 0 aliphatic carbocycles. The smallest absolute Gasteiger partial charge is 0.0208 e. The zero-order valence-electron chi connectivity index (χ0n) is 8.79. The molecule has 0 radical (unpaired) electrons. The summed E-state index contributed by atoms with van der Waals surface area (Å²) in [6.45, 7) is 7.53. The predicted octanol–water partition coefficient (Wildman–Crippen LogP) is 1.64. The number of nitrogens with zero attached hydrogens (tertiary/aromatic N) is 1. The van der Waals surface area contributed by atoms with E-state index in [2.05, 4.69) is 30.9 Å². The summed E-state index contributed by atoms with van der Waals surface area (Å²) in [6.07, 6.45) is 5.20. The summed E-state index contributed by atoms with van der Waals surface area (Å²) in [7, 11) is 2.11. The number of nitrogens with one attached hydrogen (secondary N) is 1. The minimum Gasteiger partial charge on any atom is -0.317 e. The summed E-state index contributed by atoms with van der Waals surface area (Å²) in [6, 6.07) is 0.603. The highest BCUT2D eigenvalue weighted by Gasteiger charge is 2.09. The molecule has 0 aliphatic rings. The summed E-state index contributed by atoms with van der Waals surface area (Å²) in [5, 5.41) is 8.41. The Morgan fingerprint density at radius 1 is 1.62 bits per heavy atom. The monoisotopic (exact) mass is 186 g/mol. The molecular weight excluding hydrogens is 164 g/mol. The second-order valence-corrected chi connectivity index (χ2v) is 3.34. The third-order valence-electron chi connectivity index (χ3n) is 2.34. The predicted molar refractivity (Wildman–Crippen MR) is 55.9 cm³/mol. The van der Waals surface area contributed by atoms with Crippen molar-refractivity contribution in [2.24, 2.45) is 0 Å². The fourth-order valence-electron chi connectivity index (χ4n) is 1.51. The quantitative estimate of drug-likeness (QED) is 0.344. The maximum atomic E-state index is 8.41. The van der Waals surface area contributed by atoms with E-state index in [0.717, 1.165) is 25.8 Å². The van der Waals surface area contributed by atoms with Gasteiger partial charge < -0.3 is 5.21 Å². The van der Waals surface area contributed by atoms with Gasteiger partial charge in [-0.15, -0.1) is 6.58 Å². The van der Waals surface area contributed by atoms with Gasteiger partial charge in [-0.05, 0) is 26.3 Å². The van der Waals surface area contributed by atoms with E-state index in [4.69, 9.17) is 5.21 Å². The SMILES string of the molecule is C=CCN(C)C(CC)CCCNO. The third-order valence-corrected chi connectivity index (χ3v) is 2.34. The maximum Gasteiger partial charge on any atom is 0.0208 e. The molecule has 1 unspecified atom stereocenters. The van der Waals surface area contributed by atoms with E-state index in [-0.39, 0.29) is 0 Å². The van der Waals surface area contributed by atoms with Crippen LogP contribution in [-0.2, 0) is 0 Å². The highest BCUT2D eigenvalue weighted by molar-refractivity contribution is 4.76. The first-order valence-corrected chi connectivity index (χ1v) is 4.94. The molecule has 2 N–H and O–H groups in total. The van der Waals surface area contributed by atoms with Crippen molar-refractivity contribution in [3.8, 4) is 0 Å². The van der Waals surface area contributed by atoms with Crippen LogP contribution in [-0.4, -0.2) is 36.3 Å². The Kier molecular flexibility index (Phi) is 7.99. The Balaban J connectivity index is 3.66. The Bertz CT molecular complexity index is 128. The Labute approximate surface area is 81.4 Å². The lowest BCUT2D eigenvalue weighted by molar-refractivity contribution is 0.158. The molecule has 0 bridgehead atoms. The number of likely N-dealkylation sites (N-methyl/N-ethyl adjacent to an activating group) is 1. The molecule has 3 heteroatoms. The van der Waals surface area contributed by atoms with Crippen LogP contribution in [0.2, 0.25) is 0 Å². The average Bonchev–Trinajstić information content (AvgIpc) is 2.13. The summed E-state index contributed by atoms with van der Waals surface area (Å²) in [5.41, 5.74) is 2.18. The van der Waals surface area contributed by atoms with Gasteiger partial charge >= 0.3 is 0 Å².